The van der Waals surface area contributed by atoms with Crippen molar-refractivity contribution >= 4 is 33.1 Å². The molecule has 33 heavy (non-hydrogen) atoms. The Morgan fingerprint density at radius 2 is 2.06 bits per heavy atom. The van der Waals surface area contributed by atoms with Gasteiger partial charge in [0.1, 0.15) is 5.82 Å². The summed E-state index contributed by atoms with van der Waals surface area (Å²) in [5, 5.41) is 6.86. The monoisotopic (exact) mass is 487 g/mol. The van der Waals surface area contributed by atoms with Gasteiger partial charge in [0.05, 0.1) is 15.7 Å². The predicted molar refractivity (Wildman–Crippen MR) is 123 cm³/mol. The molecule has 1 N–H and O–H groups in total. The van der Waals surface area contributed by atoms with E-state index in [4.69, 9.17) is 4.52 Å². The van der Waals surface area contributed by atoms with E-state index in [2.05, 4.69) is 20.4 Å². The molecule has 0 aromatic carbocycles. The van der Waals surface area contributed by atoms with Gasteiger partial charge >= 0.3 is 0 Å². The molecule has 2 fully saturated rings. The standard InChI is InChI=1S/C22H25N5O4S2/c1-13-7-8-23-19(10-13)24-21(28)16-4-3-9-27(12-16)33(29,30)18-11-17(32-14(18)2)20-25-22(31-26-20)15-5-6-15/h7-8,10-11,15-16H,3-6,9,12H2,1-2H3,(H,23,24,28). The fourth-order valence-corrected chi connectivity index (χ4v) is 7.02. The van der Waals surface area contributed by atoms with Gasteiger partial charge in [-0.15, -0.1) is 11.3 Å². The van der Waals surface area contributed by atoms with Crippen LogP contribution in [0.15, 0.2) is 33.8 Å². The fraction of sp³-hybridized carbons (Fsp3) is 0.455. The van der Waals surface area contributed by atoms with Crippen molar-refractivity contribution in [2.75, 3.05) is 18.4 Å². The zero-order valence-corrected chi connectivity index (χ0v) is 20.1. The van der Waals surface area contributed by atoms with Crippen LogP contribution in [0.3, 0.4) is 0 Å². The Bertz CT molecular complexity index is 1300. The number of pyridine rings is 1. The lowest BCUT2D eigenvalue weighted by atomic mass is 9.99. The molecule has 1 aliphatic heterocycles. The summed E-state index contributed by atoms with van der Waals surface area (Å²) in [5.74, 6) is 1.20. The van der Waals surface area contributed by atoms with Gasteiger partial charge in [-0.2, -0.15) is 9.29 Å². The number of piperidine rings is 1. The van der Waals surface area contributed by atoms with Crippen LogP contribution in [0.25, 0.3) is 10.7 Å². The number of nitrogens with one attached hydrogen (secondary N) is 1. The second-order valence-electron chi connectivity index (χ2n) is 8.67. The zero-order valence-electron chi connectivity index (χ0n) is 18.4. The van der Waals surface area contributed by atoms with Crippen molar-refractivity contribution in [3.8, 4) is 10.7 Å². The Hall–Kier alpha value is -2.63. The van der Waals surface area contributed by atoms with Crippen LogP contribution in [0, 0.1) is 19.8 Å². The van der Waals surface area contributed by atoms with E-state index in [1.807, 2.05) is 13.0 Å². The molecule has 1 unspecified atom stereocenters. The topological polar surface area (TPSA) is 118 Å². The maximum atomic E-state index is 13.5. The zero-order chi connectivity index (χ0) is 23.2. The summed E-state index contributed by atoms with van der Waals surface area (Å²) in [6.45, 7) is 4.22. The van der Waals surface area contributed by atoms with Gasteiger partial charge in [-0.05, 0) is 63.3 Å². The van der Waals surface area contributed by atoms with Crippen LogP contribution in [0.5, 0.6) is 0 Å². The maximum absolute atomic E-state index is 13.5. The highest BCUT2D eigenvalue weighted by molar-refractivity contribution is 7.89. The van der Waals surface area contributed by atoms with Crippen LogP contribution in [0.2, 0.25) is 0 Å². The molecule has 2 aliphatic rings. The van der Waals surface area contributed by atoms with Crippen molar-refractivity contribution in [2.24, 2.45) is 5.92 Å². The van der Waals surface area contributed by atoms with Gasteiger partial charge in [-0.25, -0.2) is 13.4 Å². The third-order valence-electron chi connectivity index (χ3n) is 6.00. The van der Waals surface area contributed by atoms with Gasteiger partial charge in [0, 0.05) is 30.1 Å². The average Bonchev–Trinajstić information content (AvgIpc) is 3.38. The maximum Gasteiger partial charge on any atom is 0.244 e. The quantitative estimate of drug-likeness (QED) is 0.563. The molecule has 0 bridgehead atoms. The van der Waals surface area contributed by atoms with Crippen LogP contribution < -0.4 is 5.32 Å². The highest BCUT2D eigenvalue weighted by atomic mass is 32.2. The van der Waals surface area contributed by atoms with Crippen LogP contribution in [0.4, 0.5) is 5.82 Å². The number of rotatable bonds is 6. The SMILES string of the molecule is Cc1ccnc(NC(=O)C2CCCN(S(=O)(=O)c3cc(-c4noc(C5CC5)n4)sc3C)C2)c1. The number of nitrogens with zero attached hydrogens (tertiary/aromatic N) is 4. The summed E-state index contributed by atoms with van der Waals surface area (Å²) in [7, 11) is -3.76. The van der Waals surface area contributed by atoms with Gasteiger partial charge in [-0.1, -0.05) is 5.16 Å². The summed E-state index contributed by atoms with van der Waals surface area (Å²) in [5.41, 5.74) is 0.989. The number of carbonyl (C=O) groups is 1. The third-order valence-corrected chi connectivity index (χ3v) is 9.17. The summed E-state index contributed by atoms with van der Waals surface area (Å²) in [6.07, 6.45) is 4.98. The predicted octanol–water partition coefficient (Wildman–Crippen LogP) is 3.73. The highest BCUT2D eigenvalue weighted by Crippen LogP contribution is 2.41. The molecule has 4 heterocycles. The number of carbonyl (C=O) groups excluding carboxylic acids is 1. The van der Waals surface area contributed by atoms with E-state index >= 15 is 0 Å². The lowest BCUT2D eigenvalue weighted by molar-refractivity contribution is -0.120. The minimum absolute atomic E-state index is 0.138. The van der Waals surface area contributed by atoms with Crippen molar-refractivity contribution in [3.63, 3.8) is 0 Å². The number of aryl methyl sites for hydroxylation is 2. The number of anilines is 1. The van der Waals surface area contributed by atoms with E-state index < -0.39 is 15.9 Å². The van der Waals surface area contributed by atoms with Gasteiger partial charge in [0.2, 0.25) is 27.6 Å². The number of aromatic nitrogens is 3. The van der Waals surface area contributed by atoms with Crippen LogP contribution in [-0.2, 0) is 14.8 Å². The summed E-state index contributed by atoms with van der Waals surface area (Å²) in [4.78, 5) is 23.0. The Kier molecular flexibility index (Phi) is 5.79. The van der Waals surface area contributed by atoms with Crippen LogP contribution in [-0.4, -0.2) is 46.8 Å². The van der Waals surface area contributed by atoms with Gasteiger partial charge in [-0.3, -0.25) is 4.79 Å². The Balaban J connectivity index is 1.32. The first-order valence-corrected chi connectivity index (χ1v) is 13.2. The van der Waals surface area contributed by atoms with Gasteiger partial charge < -0.3 is 9.84 Å². The molecule has 1 atom stereocenters. The molecule has 1 saturated carbocycles. The van der Waals surface area contributed by atoms with Crippen molar-refractivity contribution in [3.05, 3.63) is 40.7 Å². The molecule has 11 heteroatoms. The lowest BCUT2D eigenvalue weighted by Gasteiger charge is -2.31. The molecule has 0 spiro atoms. The summed E-state index contributed by atoms with van der Waals surface area (Å²) in [6, 6.07) is 5.26. The van der Waals surface area contributed by atoms with Crippen molar-refractivity contribution < 1.29 is 17.7 Å². The number of thiophene rings is 1. The Morgan fingerprint density at radius 3 is 2.82 bits per heavy atom. The molecule has 3 aromatic heterocycles. The minimum atomic E-state index is -3.76. The van der Waals surface area contributed by atoms with Crippen molar-refractivity contribution in [1.82, 2.24) is 19.4 Å². The molecule has 3 aromatic rings. The van der Waals surface area contributed by atoms with Crippen molar-refractivity contribution in [2.45, 2.75) is 50.3 Å². The average molecular weight is 488 g/mol. The number of hydrogen-bond acceptors (Lipinski definition) is 8. The van der Waals surface area contributed by atoms with E-state index in [1.54, 1.807) is 25.3 Å². The first-order valence-electron chi connectivity index (χ1n) is 11.0. The fourth-order valence-electron chi connectivity index (χ4n) is 4.01. The summed E-state index contributed by atoms with van der Waals surface area (Å²) >= 11 is 1.34. The molecule has 1 amide bonds. The molecule has 1 saturated heterocycles. The minimum Gasteiger partial charge on any atom is -0.339 e. The van der Waals surface area contributed by atoms with Crippen molar-refractivity contribution in [1.29, 1.82) is 0 Å². The van der Waals surface area contributed by atoms with E-state index in [9.17, 15) is 13.2 Å². The number of hydrogen-bond donors (Lipinski definition) is 1. The Labute approximate surface area is 196 Å². The largest absolute Gasteiger partial charge is 0.339 e. The summed E-state index contributed by atoms with van der Waals surface area (Å²) < 4.78 is 33.7. The second kappa shape index (κ2) is 8.62. The number of sulfonamides is 1. The molecular formula is C22H25N5O4S2. The smallest absolute Gasteiger partial charge is 0.244 e. The highest BCUT2D eigenvalue weighted by Gasteiger charge is 2.36. The van der Waals surface area contributed by atoms with E-state index in [0.717, 1.165) is 18.4 Å². The van der Waals surface area contributed by atoms with E-state index in [-0.39, 0.29) is 17.3 Å². The molecule has 1 aliphatic carbocycles. The molecule has 9 nitrogen and oxygen atoms in total. The lowest BCUT2D eigenvalue weighted by Crippen LogP contribution is -2.43. The first-order chi connectivity index (χ1) is 15.8. The normalized spacial score (nSPS) is 19.5. The molecule has 174 valence electrons. The molecule has 5 rings (SSSR count). The Morgan fingerprint density at radius 1 is 1.24 bits per heavy atom. The first kappa shape index (κ1) is 22.2. The van der Waals surface area contributed by atoms with E-state index in [0.29, 0.717) is 52.6 Å². The second-order valence-corrected chi connectivity index (χ2v) is 11.8. The van der Waals surface area contributed by atoms with Gasteiger partial charge in [0.15, 0.2) is 0 Å². The molecule has 0 radical (unpaired) electrons. The number of amides is 1. The van der Waals surface area contributed by atoms with E-state index in [1.165, 1.54) is 15.6 Å². The van der Waals surface area contributed by atoms with Crippen LogP contribution in [0.1, 0.15) is 47.9 Å². The van der Waals surface area contributed by atoms with Crippen LogP contribution >= 0.6 is 11.3 Å². The third kappa shape index (κ3) is 4.57. The molecular weight excluding hydrogens is 462 g/mol. The van der Waals surface area contributed by atoms with Gasteiger partial charge in [0.25, 0.3) is 0 Å².